The van der Waals surface area contributed by atoms with Crippen LogP contribution in [0.25, 0.3) is 0 Å². The van der Waals surface area contributed by atoms with Gasteiger partial charge in [0.15, 0.2) is 12.1 Å². The van der Waals surface area contributed by atoms with Crippen LogP contribution in [0.2, 0.25) is 0 Å². The first-order valence-electron chi connectivity index (χ1n) is 13.8. The summed E-state index contributed by atoms with van der Waals surface area (Å²) >= 11 is 0. The van der Waals surface area contributed by atoms with Crippen molar-refractivity contribution in [3.05, 3.63) is 22.8 Å². The normalized spacial score (nSPS) is 55.1. The second kappa shape index (κ2) is 7.73. The van der Waals surface area contributed by atoms with Crippen molar-refractivity contribution in [2.75, 3.05) is 0 Å². The summed E-state index contributed by atoms with van der Waals surface area (Å²) < 4.78 is 13.0. The van der Waals surface area contributed by atoms with Gasteiger partial charge in [-0.1, -0.05) is 13.8 Å². The van der Waals surface area contributed by atoms with E-state index in [2.05, 4.69) is 20.8 Å². The highest BCUT2D eigenvalue weighted by Crippen LogP contribution is 2.70. The molecule has 4 N–H and O–H groups in total. The standard InChI is InChI=1S/C29H42O7/c1-14-16(15(2)30)10-24-28(5,36-25(14)35-24)23-7-9-29(34)18-11-20(31)19-12-21(32)22(33)13-26(19,3)17(18)6-8-27(23,29)4/h11,15,17,19,21-25,30,32-34H,6-10,12-13H2,1-5H3/t15-,17-,19+,21-,22+,23+,24-,25-,26-,27-,28-,29-/m1/s1. The van der Waals surface area contributed by atoms with Crippen LogP contribution in [0.3, 0.4) is 0 Å². The van der Waals surface area contributed by atoms with E-state index in [-0.39, 0.29) is 36.1 Å². The van der Waals surface area contributed by atoms with Crippen molar-refractivity contribution in [2.24, 2.45) is 28.6 Å². The molecule has 2 heterocycles. The number of rotatable bonds is 2. The molecule has 1 saturated heterocycles. The number of allylic oxidation sites excluding steroid dienone is 1. The van der Waals surface area contributed by atoms with Gasteiger partial charge in [-0.05, 0) is 99.3 Å². The lowest BCUT2D eigenvalue weighted by molar-refractivity contribution is -0.164. The molecule has 0 radical (unpaired) electrons. The molecular formula is C29H42O7. The minimum Gasteiger partial charge on any atom is -0.390 e. The maximum Gasteiger partial charge on any atom is 0.181 e. The van der Waals surface area contributed by atoms with Crippen LogP contribution in [0.1, 0.15) is 79.6 Å². The summed E-state index contributed by atoms with van der Waals surface area (Å²) in [5.74, 6) is -0.337. The van der Waals surface area contributed by atoms with Crippen LogP contribution in [-0.2, 0) is 14.3 Å². The molecule has 7 nitrogen and oxygen atoms in total. The highest BCUT2D eigenvalue weighted by Gasteiger charge is 2.71. The fraction of sp³-hybridized carbons (Fsp3) is 0.828. The van der Waals surface area contributed by atoms with E-state index in [9.17, 15) is 25.2 Å². The number of ether oxygens (including phenoxy) is 2. The molecule has 0 aromatic rings. The van der Waals surface area contributed by atoms with Crippen LogP contribution in [0, 0.1) is 28.6 Å². The Morgan fingerprint density at radius 3 is 2.50 bits per heavy atom. The minimum absolute atomic E-state index is 0.00212. The van der Waals surface area contributed by atoms with Crippen molar-refractivity contribution in [1.29, 1.82) is 0 Å². The molecule has 6 aliphatic rings. The van der Waals surface area contributed by atoms with Crippen molar-refractivity contribution in [3.63, 3.8) is 0 Å². The van der Waals surface area contributed by atoms with Gasteiger partial charge in [0.1, 0.15) is 0 Å². The number of aliphatic hydroxyl groups excluding tert-OH is 3. The number of hydrogen-bond donors (Lipinski definition) is 4. The van der Waals surface area contributed by atoms with Crippen LogP contribution in [0.4, 0.5) is 0 Å². The average molecular weight is 503 g/mol. The first-order valence-corrected chi connectivity index (χ1v) is 13.8. The van der Waals surface area contributed by atoms with E-state index in [0.29, 0.717) is 19.3 Å². The zero-order valence-corrected chi connectivity index (χ0v) is 22.2. The highest BCUT2D eigenvalue weighted by atomic mass is 16.7. The molecule has 2 bridgehead atoms. The van der Waals surface area contributed by atoms with E-state index in [1.165, 1.54) is 0 Å². The van der Waals surface area contributed by atoms with Crippen molar-refractivity contribution in [2.45, 2.75) is 121 Å². The lowest BCUT2D eigenvalue weighted by Crippen LogP contribution is -2.62. The molecule has 12 atom stereocenters. The predicted molar refractivity (Wildman–Crippen MR) is 132 cm³/mol. The third kappa shape index (κ3) is 2.99. The van der Waals surface area contributed by atoms with Crippen molar-refractivity contribution >= 4 is 5.78 Å². The fourth-order valence-electron chi connectivity index (χ4n) is 9.67. The van der Waals surface area contributed by atoms with Gasteiger partial charge in [0.2, 0.25) is 0 Å². The minimum atomic E-state index is -1.14. The predicted octanol–water partition coefficient (Wildman–Crippen LogP) is 2.79. The smallest absolute Gasteiger partial charge is 0.181 e. The highest BCUT2D eigenvalue weighted by molar-refractivity contribution is 5.95. The van der Waals surface area contributed by atoms with E-state index in [1.807, 2.05) is 6.92 Å². The Kier molecular flexibility index (Phi) is 5.41. The first kappa shape index (κ1) is 25.2. The number of carbonyl (C=O) groups excluding carboxylic acids is 1. The third-order valence-electron chi connectivity index (χ3n) is 11.9. The number of ketones is 1. The number of hydrogen-bond acceptors (Lipinski definition) is 7. The van der Waals surface area contributed by atoms with Gasteiger partial charge in [-0.2, -0.15) is 0 Å². The maximum absolute atomic E-state index is 13.4. The summed E-state index contributed by atoms with van der Waals surface area (Å²) in [5.41, 5.74) is 0.0327. The zero-order valence-electron chi connectivity index (χ0n) is 22.2. The summed E-state index contributed by atoms with van der Waals surface area (Å²) in [6.45, 7) is 10.1. The second-order valence-electron chi connectivity index (χ2n) is 13.4. The topological polar surface area (TPSA) is 116 Å². The monoisotopic (exact) mass is 502 g/mol. The van der Waals surface area contributed by atoms with E-state index in [0.717, 1.165) is 36.0 Å². The molecule has 6 rings (SSSR count). The fourth-order valence-corrected chi connectivity index (χ4v) is 9.67. The molecule has 0 amide bonds. The molecular weight excluding hydrogens is 460 g/mol. The molecule has 3 saturated carbocycles. The molecule has 4 aliphatic carbocycles. The molecule has 7 heteroatoms. The third-order valence-corrected chi connectivity index (χ3v) is 11.9. The molecule has 0 spiro atoms. The van der Waals surface area contributed by atoms with Gasteiger partial charge in [0, 0.05) is 17.8 Å². The Morgan fingerprint density at radius 2 is 1.81 bits per heavy atom. The Bertz CT molecular complexity index is 1050. The van der Waals surface area contributed by atoms with Crippen LogP contribution in [-0.4, -0.2) is 68.1 Å². The van der Waals surface area contributed by atoms with Crippen molar-refractivity contribution < 1.29 is 34.7 Å². The van der Waals surface area contributed by atoms with Crippen molar-refractivity contribution in [3.8, 4) is 0 Å². The maximum atomic E-state index is 13.4. The van der Waals surface area contributed by atoms with Gasteiger partial charge < -0.3 is 29.9 Å². The molecule has 2 aliphatic heterocycles. The summed E-state index contributed by atoms with van der Waals surface area (Å²) in [4.78, 5) is 13.4. The van der Waals surface area contributed by atoms with Crippen LogP contribution in [0.5, 0.6) is 0 Å². The molecule has 36 heavy (non-hydrogen) atoms. The summed E-state index contributed by atoms with van der Waals surface area (Å²) in [5, 5.41) is 43.7. The van der Waals surface area contributed by atoms with E-state index >= 15 is 0 Å². The second-order valence-corrected chi connectivity index (χ2v) is 13.4. The van der Waals surface area contributed by atoms with Crippen LogP contribution in [0.15, 0.2) is 22.8 Å². The van der Waals surface area contributed by atoms with Gasteiger partial charge in [0.25, 0.3) is 0 Å². The van der Waals surface area contributed by atoms with E-state index in [1.54, 1.807) is 13.0 Å². The Labute approximate surface area is 213 Å². The lowest BCUT2D eigenvalue weighted by atomic mass is 9.45. The number of aliphatic hydroxyl groups is 4. The number of carbonyl (C=O) groups is 1. The molecule has 0 aromatic heterocycles. The Morgan fingerprint density at radius 1 is 1.08 bits per heavy atom. The largest absolute Gasteiger partial charge is 0.390 e. The van der Waals surface area contributed by atoms with Crippen molar-refractivity contribution in [1.82, 2.24) is 0 Å². The molecule has 200 valence electrons. The number of fused-ring (bicyclic) bond motifs is 7. The Hall–Kier alpha value is -1.09. The zero-order chi connectivity index (χ0) is 26.0. The quantitative estimate of drug-likeness (QED) is 0.429. The lowest BCUT2D eigenvalue weighted by Gasteiger charge is -2.60. The SMILES string of the molecule is CC1=C([C@@H](C)O)C[C@H]2O[C@@H]1O[C@]2(C)[C@H]1CC[C@@]2(O)C3=CC(=O)[C@@H]4C[C@@H](O)[C@@H](O)C[C@]4(C)[C@@H]3CC[C@]12C. The van der Waals surface area contributed by atoms with Gasteiger partial charge >= 0.3 is 0 Å². The molecule has 0 aromatic carbocycles. The summed E-state index contributed by atoms with van der Waals surface area (Å²) in [6, 6.07) is 0. The summed E-state index contributed by atoms with van der Waals surface area (Å²) in [7, 11) is 0. The van der Waals surface area contributed by atoms with E-state index < -0.39 is 46.6 Å². The van der Waals surface area contributed by atoms with Gasteiger partial charge in [0.05, 0.1) is 35.6 Å². The van der Waals surface area contributed by atoms with Gasteiger partial charge in [-0.15, -0.1) is 0 Å². The van der Waals surface area contributed by atoms with Gasteiger partial charge in [-0.25, -0.2) is 0 Å². The van der Waals surface area contributed by atoms with Crippen LogP contribution < -0.4 is 0 Å². The first-order chi connectivity index (χ1) is 16.8. The average Bonchev–Trinajstić information content (AvgIpc) is 3.24. The van der Waals surface area contributed by atoms with E-state index in [4.69, 9.17) is 9.47 Å². The molecule has 0 unspecified atom stereocenters. The summed E-state index contributed by atoms with van der Waals surface area (Å²) in [6.07, 6.45) is 2.95. The Balaban J connectivity index is 1.36. The molecule has 4 fully saturated rings. The van der Waals surface area contributed by atoms with Crippen LogP contribution >= 0.6 is 0 Å². The van der Waals surface area contributed by atoms with Gasteiger partial charge in [-0.3, -0.25) is 4.79 Å².